The number of aromatic nitrogens is 1. The van der Waals surface area contributed by atoms with Crippen LogP contribution in [0.5, 0.6) is 5.88 Å². The van der Waals surface area contributed by atoms with Crippen molar-refractivity contribution in [3.05, 3.63) is 118 Å². The van der Waals surface area contributed by atoms with Crippen molar-refractivity contribution in [2.45, 2.75) is 24.4 Å². The maximum Gasteiger partial charge on any atom is 0.217 e. The lowest BCUT2D eigenvalue weighted by Crippen LogP contribution is -2.39. The van der Waals surface area contributed by atoms with Gasteiger partial charge in [-0.15, -0.1) is 0 Å². The van der Waals surface area contributed by atoms with Crippen LogP contribution < -0.4 is 4.74 Å². The number of hydrogen-bond donors (Lipinski definition) is 1. The third-order valence-electron chi connectivity index (χ3n) is 7.52. The molecule has 0 aliphatic carbocycles. The zero-order valence-electron chi connectivity index (χ0n) is 23.1. The van der Waals surface area contributed by atoms with Crippen LogP contribution in [0.25, 0.3) is 21.7 Å². The van der Waals surface area contributed by atoms with Gasteiger partial charge in [0.1, 0.15) is 5.60 Å². The lowest BCUT2D eigenvalue weighted by atomic mass is 9.71. The molecule has 4 aromatic carbocycles. The molecule has 0 radical (unpaired) electrons. The summed E-state index contributed by atoms with van der Waals surface area (Å²) in [5, 5.41) is 16.3. The van der Waals surface area contributed by atoms with Gasteiger partial charge >= 0.3 is 0 Å². The first kappa shape index (κ1) is 27.3. The molecule has 2 unspecified atom stereocenters. The summed E-state index contributed by atoms with van der Waals surface area (Å²) in [6, 6.07) is 33.1. The molecule has 0 bridgehead atoms. The van der Waals surface area contributed by atoms with Crippen LogP contribution in [-0.2, 0) is 5.60 Å². The SMILES string of the molecule is COc1nc2ccc(Br)cc2cc1C(c1ccccc1)C(O)(CCC[N+](C)(C)C)c1ccc2ccccc2c1. The second kappa shape index (κ2) is 11.1. The van der Waals surface area contributed by atoms with E-state index < -0.39 is 11.5 Å². The van der Waals surface area contributed by atoms with Crippen LogP contribution in [0.2, 0.25) is 0 Å². The molecule has 0 fully saturated rings. The van der Waals surface area contributed by atoms with Gasteiger partial charge < -0.3 is 14.3 Å². The molecule has 5 aromatic rings. The Morgan fingerprint density at radius 3 is 2.28 bits per heavy atom. The molecule has 0 amide bonds. The largest absolute Gasteiger partial charge is 0.481 e. The van der Waals surface area contributed by atoms with Gasteiger partial charge in [0.05, 0.1) is 40.3 Å². The Hall–Kier alpha value is -3.25. The number of ether oxygens (including phenoxy) is 1. The number of fused-ring (bicyclic) bond motifs is 2. The van der Waals surface area contributed by atoms with Crippen LogP contribution in [0.3, 0.4) is 0 Å². The van der Waals surface area contributed by atoms with Gasteiger partial charge in [0.15, 0.2) is 0 Å². The van der Waals surface area contributed by atoms with E-state index in [1.165, 1.54) is 0 Å². The summed E-state index contributed by atoms with van der Waals surface area (Å²) in [7, 11) is 8.23. The predicted octanol–water partition coefficient (Wildman–Crippen LogP) is 7.67. The summed E-state index contributed by atoms with van der Waals surface area (Å²) in [5.74, 6) is 0.127. The summed E-state index contributed by atoms with van der Waals surface area (Å²) in [6.45, 7) is 0.942. The van der Waals surface area contributed by atoms with E-state index in [1.54, 1.807) is 7.11 Å². The summed E-state index contributed by atoms with van der Waals surface area (Å²) in [5.41, 5.74) is 2.43. The van der Waals surface area contributed by atoms with E-state index in [4.69, 9.17) is 9.72 Å². The highest BCUT2D eigenvalue weighted by Crippen LogP contribution is 2.48. The molecule has 2 atom stereocenters. The first-order valence-electron chi connectivity index (χ1n) is 13.4. The van der Waals surface area contributed by atoms with Crippen LogP contribution in [0.4, 0.5) is 0 Å². The highest BCUT2D eigenvalue weighted by Gasteiger charge is 2.42. The molecule has 0 saturated heterocycles. The van der Waals surface area contributed by atoms with Gasteiger partial charge in [0.25, 0.3) is 0 Å². The van der Waals surface area contributed by atoms with Gasteiger partial charge in [-0.1, -0.05) is 82.7 Å². The van der Waals surface area contributed by atoms with Crippen LogP contribution in [0.15, 0.2) is 102 Å². The fourth-order valence-electron chi connectivity index (χ4n) is 5.61. The quantitative estimate of drug-likeness (QED) is 0.181. The van der Waals surface area contributed by atoms with E-state index in [1.807, 2.05) is 42.5 Å². The Bertz CT molecular complexity index is 1600. The number of benzene rings is 4. The maximum atomic E-state index is 13.1. The first-order valence-corrected chi connectivity index (χ1v) is 14.2. The fraction of sp³-hybridized carbons (Fsp3) is 0.265. The number of methoxy groups -OCH3 is 1. The van der Waals surface area contributed by atoms with E-state index in [-0.39, 0.29) is 0 Å². The second-order valence-electron chi connectivity index (χ2n) is 11.4. The Kier molecular flexibility index (Phi) is 7.77. The van der Waals surface area contributed by atoms with E-state index in [9.17, 15) is 5.11 Å². The molecule has 5 rings (SSSR count). The number of pyridine rings is 1. The average Bonchev–Trinajstić information content (AvgIpc) is 2.92. The van der Waals surface area contributed by atoms with Crippen molar-refractivity contribution in [1.29, 1.82) is 0 Å². The number of nitrogens with zero attached hydrogens (tertiary/aromatic N) is 2. The Balaban J connectivity index is 1.76. The zero-order valence-corrected chi connectivity index (χ0v) is 24.7. The standard InChI is InChI=1S/C34H36BrN2O2/c1-37(2,3)20-10-19-34(38,28-16-15-24-11-8-9-14-26(24)21-28)32(25-12-6-5-7-13-25)30-23-27-22-29(35)17-18-31(27)36-33(30)39-4/h5-9,11-18,21-23,32,38H,10,19-20H2,1-4H3/q+1. The number of quaternary nitrogens is 1. The third kappa shape index (κ3) is 5.86. The van der Waals surface area contributed by atoms with Crippen molar-refractivity contribution in [2.24, 2.45) is 0 Å². The minimum atomic E-state index is -1.21. The molecular weight excluding hydrogens is 548 g/mol. The van der Waals surface area contributed by atoms with Crippen molar-refractivity contribution in [1.82, 2.24) is 4.98 Å². The molecule has 39 heavy (non-hydrogen) atoms. The van der Waals surface area contributed by atoms with Crippen LogP contribution in [-0.4, -0.2) is 49.4 Å². The first-order chi connectivity index (χ1) is 18.7. The summed E-state index contributed by atoms with van der Waals surface area (Å²) < 4.78 is 7.72. The van der Waals surface area contributed by atoms with Crippen molar-refractivity contribution in [2.75, 3.05) is 34.8 Å². The van der Waals surface area contributed by atoms with Crippen LogP contribution in [0.1, 0.15) is 35.4 Å². The van der Waals surface area contributed by atoms with E-state index in [0.717, 1.165) is 60.3 Å². The lowest BCUT2D eigenvalue weighted by molar-refractivity contribution is -0.870. The maximum absolute atomic E-state index is 13.1. The van der Waals surface area contributed by atoms with E-state index in [2.05, 4.69) is 91.7 Å². The van der Waals surface area contributed by atoms with Gasteiger partial charge in [-0.25, -0.2) is 4.98 Å². The Morgan fingerprint density at radius 2 is 1.56 bits per heavy atom. The van der Waals surface area contributed by atoms with Gasteiger partial charge in [-0.3, -0.25) is 0 Å². The lowest BCUT2D eigenvalue weighted by Gasteiger charge is -2.39. The summed E-state index contributed by atoms with van der Waals surface area (Å²) in [6.07, 6.45) is 1.44. The monoisotopic (exact) mass is 583 g/mol. The molecule has 0 aliphatic heterocycles. The molecule has 1 heterocycles. The molecular formula is C34H36BrN2O2+. The summed E-state index contributed by atoms with van der Waals surface area (Å²) in [4.78, 5) is 4.90. The molecule has 200 valence electrons. The molecule has 0 saturated carbocycles. The van der Waals surface area contributed by atoms with Crippen molar-refractivity contribution in [3.63, 3.8) is 0 Å². The van der Waals surface area contributed by atoms with E-state index in [0.29, 0.717) is 12.3 Å². The fourth-order valence-corrected chi connectivity index (χ4v) is 5.99. The topological polar surface area (TPSA) is 42.4 Å². The van der Waals surface area contributed by atoms with Gasteiger partial charge in [-0.05, 0) is 65.1 Å². The van der Waals surface area contributed by atoms with Gasteiger partial charge in [-0.2, -0.15) is 0 Å². The zero-order chi connectivity index (χ0) is 27.6. The van der Waals surface area contributed by atoms with E-state index >= 15 is 0 Å². The van der Waals surface area contributed by atoms with Gasteiger partial charge in [0.2, 0.25) is 5.88 Å². The smallest absolute Gasteiger partial charge is 0.217 e. The highest BCUT2D eigenvalue weighted by atomic mass is 79.9. The third-order valence-corrected chi connectivity index (χ3v) is 8.01. The molecule has 0 aliphatic rings. The Morgan fingerprint density at radius 1 is 0.846 bits per heavy atom. The predicted molar refractivity (Wildman–Crippen MR) is 164 cm³/mol. The average molecular weight is 585 g/mol. The number of halogens is 1. The molecule has 4 nitrogen and oxygen atoms in total. The molecule has 0 spiro atoms. The normalized spacial score (nSPS) is 14.3. The Labute approximate surface area is 239 Å². The molecule has 5 heteroatoms. The van der Waals surface area contributed by atoms with Crippen molar-refractivity contribution >= 4 is 37.6 Å². The van der Waals surface area contributed by atoms with Crippen molar-refractivity contribution < 1.29 is 14.3 Å². The minimum Gasteiger partial charge on any atom is -0.481 e. The van der Waals surface area contributed by atoms with Crippen LogP contribution in [0, 0.1) is 0 Å². The molecule has 1 N–H and O–H groups in total. The number of hydrogen-bond acceptors (Lipinski definition) is 3. The highest BCUT2D eigenvalue weighted by molar-refractivity contribution is 9.10. The second-order valence-corrected chi connectivity index (χ2v) is 12.3. The van der Waals surface area contributed by atoms with Crippen molar-refractivity contribution in [3.8, 4) is 5.88 Å². The summed E-state index contributed by atoms with van der Waals surface area (Å²) >= 11 is 3.62. The number of aliphatic hydroxyl groups is 1. The minimum absolute atomic E-state index is 0.404. The van der Waals surface area contributed by atoms with Gasteiger partial charge in [0, 0.05) is 21.3 Å². The molecule has 1 aromatic heterocycles. The van der Waals surface area contributed by atoms with Crippen LogP contribution >= 0.6 is 15.9 Å². The number of rotatable bonds is 9.